The number of hydrogen-bond donors (Lipinski definition) is 0. The molecule has 1 aliphatic rings. The van der Waals surface area contributed by atoms with Gasteiger partial charge in [-0.3, -0.25) is 4.99 Å². The van der Waals surface area contributed by atoms with E-state index in [-0.39, 0.29) is 6.04 Å². The van der Waals surface area contributed by atoms with Gasteiger partial charge in [0, 0.05) is 22.3 Å². The van der Waals surface area contributed by atoms with Crippen LogP contribution in [0.5, 0.6) is 0 Å². The minimum atomic E-state index is -0.149. The Morgan fingerprint density at radius 2 is 1.84 bits per heavy atom. The fraction of sp³-hybridized carbons (Fsp3) is 0.160. The summed E-state index contributed by atoms with van der Waals surface area (Å²) in [6.07, 6.45) is 1.75. The third-order valence-electron chi connectivity index (χ3n) is 5.29. The van der Waals surface area contributed by atoms with Crippen LogP contribution in [-0.2, 0) is 0 Å². The van der Waals surface area contributed by atoms with Gasteiger partial charge >= 0.3 is 0 Å². The van der Waals surface area contributed by atoms with Crippen LogP contribution in [0.25, 0.3) is 10.4 Å². The summed E-state index contributed by atoms with van der Waals surface area (Å²) >= 11 is 7.79. The largest absolute Gasteiger partial charge is 0.358 e. The second-order valence-electron chi connectivity index (χ2n) is 7.39. The van der Waals surface area contributed by atoms with Gasteiger partial charge in [0.15, 0.2) is 5.76 Å². The second-order valence-corrected chi connectivity index (χ2v) is 8.85. The van der Waals surface area contributed by atoms with Gasteiger partial charge in [-0.25, -0.2) is 4.98 Å². The second kappa shape index (κ2) is 7.81. The topological polar surface area (TPSA) is 51.3 Å². The molecular formula is C25H18ClN3OS. The van der Waals surface area contributed by atoms with Gasteiger partial charge < -0.3 is 4.52 Å². The highest BCUT2D eigenvalue weighted by Gasteiger charge is 2.31. The van der Waals surface area contributed by atoms with Crippen LogP contribution in [0.4, 0.5) is 0 Å². The lowest BCUT2D eigenvalue weighted by Gasteiger charge is -2.09. The van der Waals surface area contributed by atoms with E-state index in [1.807, 2.05) is 56.3 Å². The van der Waals surface area contributed by atoms with Crippen LogP contribution in [0.15, 0.2) is 58.2 Å². The number of nitrogens with zero attached hydrogens (tertiary/aromatic N) is 3. The molecule has 6 heteroatoms. The third kappa shape index (κ3) is 3.48. The summed E-state index contributed by atoms with van der Waals surface area (Å²) in [6.45, 7) is 6.11. The molecule has 5 rings (SSSR count). The Bertz CT molecular complexity index is 1370. The molecule has 4 aromatic rings. The number of rotatable bonds is 1. The first-order valence-electron chi connectivity index (χ1n) is 9.90. The molecule has 0 spiro atoms. The van der Waals surface area contributed by atoms with Crippen molar-refractivity contribution >= 4 is 28.6 Å². The monoisotopic (exact) mass is 443 g/mol. The fourth-order valence-electron chi connectivity index (χ4n) is 3.74. The Morgan fingerprint density at radius 1 is 1.03 bits per heavy atom. The van der Waals surface area contributed by atoms with Crippen molar-refractivity contribution in [1.82, 2.24) is 10.1 Å². The van der Waals surface area contributed by atoms with Crippen molar-refractivity contribution in [1.29, 1.82) is 0 Å². The highest BCUT2D eigenvalue weighted by Crippen LogP contribution is 2.45. The number of pyridine rings is 1. The molecule has 1 atom stereocenters. The minimum absolute atomic E-state index is 0.149. The zero-order valence-corrected chi connectivity index (χ0v) is 18.8. The molecule has 0 saturated heterocycles. The van der Waals surface area contributed by atoms with Crippen molar-refractivity contribution in [2.24, 2.45) is 4.99 Å². The zero-order chi connectivity index (χ0) is 21.5. The first-order chi connectivity index (χ1) is 15.0. The van der Waals surface area contributed by atoms with Crippen LogP contribution >= 0.6 is 22.9 Å². The lowest BCUT2D eigenvalue weighted by Crippen LogP contribution is -2.06. The molecule has 152 valence electrons. The molecule has 0 aliphatic carbocycles. The van der Waals surface area contributed by atoms with Gasteiger partial charge in [-0.2, -0.15) is 0 Å². The highest BCUT2D eigenvalue weighted by molar-refractivity contribution is 7.16. The quantitative estimate of drug-likeness (QED) is 0.321. The van der Waals surface area contributed by atoms with Gasteiger partial charge in [0.05, 0.1) is 26.7 Å². The number of halogens is 1. The first kappa shape index (κ1) is 19.7. The van der Waals surface area contributed by atoms with Crippen molar-refractivity contribution in [3.63, 3.8) is 0 Å². The smallest absolute Gasteiger partial charge is 0.169 e. The predicted molar refractivity (Wildman–Crippen MR) is 125 cm³/mol. The number of aliphatic imine (C=N–C) groups is 1. The third-order valence-corrected chi connectivity index (χ3v) is 6.77. The van der Waals surface area contributed by atoms with Crippen LogP contribution in [0.1, 0.15) is 51.7 Å². The van der Waals surface area contributed by atoms with Gasteiger partial charge in [-0.05, 0) is 62.4 Å². The van der Waals surface area contributed by atoms with Crippen molar-refractivity contribution in [2.45, 2.75) is 26.8 Å². The summed E-state index contributed by atoms with van der Waals surface area (Å²) in [7, 11) is 0. The Labute approximate surface area is 189 Å². The van der Waals surface area contributed by atoms with E-state index in [0.717, 1.165) is 54.9 Å². The molecule has 3 aromatic heterocycles. The predicted octanol–water partition coefficient (Wildman–Crippen LogP) is 6.38. The molecule has 1 aliphatic heterocycles. The molecular weight excluding hydrogens is 426 g/mol. The van der Waals surface area contributed by atoms with Crippen LogP contribution in [0, 0.1) is 25.7 Å². The van der Waals surface area contributed by atoms with Crippen molar-refractivity contribution < 1.29 is 4.52 Å². The summed E-state index contributed by atoms with van der Waals surface area (Å²) < 4.78 is 5.70. The minimum Gasteiger partial charge on any atom is -0.358 e. The van der Waals surface area contributed by atoms with Gasteiger partial charge in [0.2, 0.25) is 0 Å². The van der Waals surface area contributed by atoms with E-state index in [4.69, 9.17) is 21.1 Å². The van der Waals surface area contributed by atoms with E-state index >= 15 is 0 Å². The molecule has 4 nitrogen and oxygen atoms in total. The first-order valence-corrected chi connectivity index (χ1v) is 11.1. The van der Waals surface area contributed by atoms with E-state index in [9.17, 15) is 0 Å². The Balaban J connectivity index is 1.74. The lowest BCUT2D eigenvalue weighted by molar-refractivity contribution is 0.366. The van der Waals surface area contributed by atoms with Gasteiger partial charge in [0.25, 0.3) is 0 Å². The van der Waals surface area contributed by atoms with Crippen molar-refractivity contribution in [3.8, 4) is 22.3 Å². The number of thiophene rings is 1. The van der Waals surface area contributed by atoms with E-state index < -0.39 is 0 Å². The molecule has 0 radical (unpaired) electrons. The van der Waals surface area contributed by atoms with E-state index in [0.29, 0.717) is 5.02 Å². The van der Waals surface area contributed by atoms with Crippen LogP contribution in [0.3, 0.4) is 0 Å². The normalized spacial score (nSPS) is 14.7. The standard InChI is InChI=1S/C25H18ClN3OS/c1-14-20(12-11-19-6-4-5-13-27-19)31-25-21(14)23(17-7-9-18(26)10-8-17)28-16(3)24-22(25)15(2)29-30-24/h4-10,13,16H,1-3H3/t16-/m0/s1. The van der Waals surface area contributed by atoms with Crippen molar-refractivity contribution in [2.75, 3.05) is 0 Å². The maximum atomic E-state index is 6.14. The molecule has 0 amide bonds. The summed E-state index contributed by atoms with van der Waals surface area (Å²) in [6, 6.07) is 13.4. The highest BCUT2D eigenvalue weighted by atomic mass is 35.5. The van der Waals surface area contributed by atoms with Crippen LogP contribution in [-0.4, -0.2) is 15.9 Å². The molecule has 0 saturated carbocycles. The number of benzene rings is 1. The lowest BCUT2D eigenvalue weighted by atomic mass is 9.96. The van der Waals surface area contributed by atoms with Gasteiger partial charge in [-0.1, -0.05) is 35.0 Å². The Hall–Kier alpha value is -3.20. The molecule has 0 unspecified atom stereocenters. The number of fused-ring (bicyclic) bond motifs is 3. The Morgan fingerprint density at radius 3 is 2.58 bits per heavy atom. The molecule has 0 N–H and O–H groups in total. The summed E-state index contributed by atoms with van der Waals surface area (Å²) in [5.74, 6) is 7.29. The summed E-state index contributed by atoms with van der Waals surface area (Å²) in [5.41, 5.74) is 6.73. The molecule has 4 heterocycles. The van der Waals surface area contributed by atoms with E-state index in [1.165, 1.54) is 0 Å². The summed E-state index contributed by atoms with van der Waals surface area (Å²) in [4.78, 5) is 11.4. The van der Waals surface area contributed by atoms with Crippen LogP contribution < -0.4 is 0 Å². The van der Waals surface area contributed by atoms with Gasteiger partial charge in [0.1, 0.15) is 11.7 Å². The maximum Gasteiger partial charge on any atom is 0.169 e. The summed E-state index contributed by atoms with van der Waals surface area (Å²) in [5, 5.41) is 4.93. The van der Waals surface area contributed by atoms with E-state index in [1.54, 1.807) is 17.5 Å². The fourth-order valence-corrected chi connectivity index (χ4v) is 5.13. The zero-order valence-electron chi connectivity index (χ0n) is 17.2. The maximum absolute atomic E-state index is 6.14. The SMILES string of the molecule is Cc1noc2c1-c1sc(C#Cc3ccccn3)c(C)c1C(c1ccc(Cl)cc1)=N[C@H]2C. The molecule has 0 fully saturated rings. The Kier molecular flexibility index (Phi) is 4.97. The van der Waals surface area contributed by atoms with Gasteiger partial charge in [-0.15, -0.1) is 11.3 Å². The number of hydrogen-bond acceptors (Lipinski definition) is 5. The average Bonchev–Trinajstić information content (AvgIpc) is 3.27. The average molecular weight is 444 g/mol. The van der Waals surface area contributed by atoms with Crippen molar-refractivity contribution in [3.05, 3.63) is 92.4 Å². The van der Waals surface area contributed by atoms with E-state index in [2.05, 4.69) is 28.9 Å². The molecule has 31 heavy (non-hydrogen) atoms. The van der Waals surface area contributed by atoms with Crippen LogP contribution in [0.2, 0.25) is 5.02 Å². The number of aryl methyl sites for hydroxylation is 1. The molecule has 0 bridgehead atoms. The molecule has 1 aromatic carbocycles. The number of aromatic nitrogens is 2.